The van der Waals surface area contributed by atoms with Gasteiger partial charge in [0.1, 0.15) is 12.4 Å². The summed E-state index contributed by atoms with van der Waals surface area (Å²) in [6.07, 6.45) is 1.04. The molecule has 0 atom stereocenters. The average Bonchev–Trinajstić information content (AvgIpc) is 1.59. The number of ether oxygens (including phenoxy) is 1. The van der Waals surface area contributed by atoms with Crippen LogP contribution < -0.4 is 0 Å². The van der Waals surface area contributed by atoms with Crippen molar-refractivity contribution < 1.29 is 17.9 Å². The van der Waals surface area contributed by atoms with E-state index in [4.69, 9.17) is 0 Å². The highest BCUT2D eigenvalue weighted by Crippen LogP contribution is 1.90. The lowest BCUT2D eigenvalue weighted by molar-refractivity contribution is -0.139. The fraction of sp³-hybridized carbons (Fsp3) is 0.600. The van der Waals surface area contributed by atoms with Crippen molar-refractivity contribution in [3.8, 4) is 0 Å². The molecule has 0 rings (SSSR count). The second-order valence-electron chi connectivity index (χ2n) is 1.80. The lowest BCUT2D eigenvalue weighted by atomic mass is 10.8. The Morgan fingerprint density at radius 1 is 1.60 bits per heavy atom. The zero-order valence-electron chi connectivity index (χ0n) is 5.83. The Morgan fingerprint density at radius 3 is 2.40 bits per heavy atom. The molecule has 0 spiro atoms. The van der Waals surface area contributed by atoms with Crippen LogP contribution in [0.4, 0.5) is 0 Å². The Morgan fingerprint density at radius 2 is 2.10 bits per heavy atom. The number of esters is 1. The van der Waals surface area contributed by atoms with Gasteiger partial charge in [0.05, 0.1) is 0 Å². The molecule has 0 saturated carbocycles. The summed E-state index contributed by atoms with van der Waals surface area (Å²) < 4.78 is 25.1. The van der Waals surface area contributed by atoms with E-state index in [1.807, 2.05) is 0 Å². The maximum absolute atomic E-state index is 10.4. The molecule has 0 saturated heterocycles. The molecule has 59 valence electrons. The zero-order chi connectivity index (χ0) is 8.20. The third kappa shape index (κ3) is 7.42. The second kappa shape index (κ2) is 3.55. The maximum atomic E-state index is 10.4. The van der Waals surface area contributed by atoms with Crippen molar-refractivity contribution in [2.75, 3.05) is 12.9 Å². The van der Waals surface area contributed by atoms with Crippen LogP contribution in [0.2, 0.25) is 0 Å². The molecule has 5 heteroatoms. The van der Waals surface area contributed by atoms with Crippen molar-refractivity contribution in [1.29, 1.82) is 0 Å². The first kappa shape index (κ1) is 9.42. The molecule has 0 aliphatic carbocycles. The first-order chi connectivity index (χ1) is 4.42. The summed E-state index contributed by atoms with van der Waals surface area (Å²) in [4.78, 5) is 10.1. The molecule has 0 aromatic carbocycles. The van der Waals surface area contributed by atoms with Gasteiger partial charge in [-0.15, -0.1) is 0 Å². The molecule has 1 radical (unpaired) electrons. The van der Waals surface area contributed by atoms with E-state index >= 15 is 0 Å². The molecule has 0 N–H and O–H groups in total. The van der Waals surface area contributed by atoms with Crippen molar-refractivity contribution in [2.45, 2.75) is 6.92 Å². The normalized spacial score (nSPS) is 11.0. The highest BCUT2D eigenvalue weighted by atomic mass is 32.2. The second-order valence-corrected chi connectivity index (χ2v) is 3.79. The van der Waals surface area contributed by atoms with Crippen LogP contribution in [-0.2, 0) is 19.4 Å². The molecule has 0 heterocycles. The van der Waals surface area contributed by atoms with Gasteiger partial charge in [-0.05, 0) is 0 Å². The highest BCUT2D eigenvalue weighted by molar-refractivity contribution is 7.92. The smallest absolute Gasteiger partial charge is 0.302 e. The minimum atomic E-state index is -3.12. The molecule has 0 bridgehead atoms. The first-order valence-corrected chi connectivity index (χ1v) is 4.54. The Kier molecular flexibility index (Phi) is 3.35. The molecule has 0 fully saturated rings. The summed E-state index contributed by atoms with van der Waals surface area (Å²) in [5, 5.41) is 0. The van der Waals surface area contributed by atoms with Crippen LogP contribution >= 0.6 is 0 Å². The lowest BCUT2D eigenvalue weighted by Crippen LogP contribution is -2.06. The lowest BCUT2D eigenvalue weighted by Gasteiger charge is -1.97. The molecule has 0 amide bonds. The summed E-state index contributed by atoms with van der Waals surface area (Å²) >= 11 is 0. The molecule has 0 aromatic heterocycles. The van der Waals surface area contributed by atoms with E-state index in [2.05, 4.69) is 4.74 Å². The summed E-state index contributed by atoms with van der Waals surface area (Å²) in [6.45, 7) is 1.05. The van der Waals surface area contributed by atoms with Crippen LogP contribution in [0.1, 0.15) is 6.92 Å². The number of carbonyl (C=O) groups excluding carboxylic acids is 1. The number of rotatable bonds is 3. The van der Waals surface area contributed by atoms with Gasteiger partial charge in [-0.3, -0.25) is 4.79 Å². The largest absolute Gasteiger partial charge is 0.464 e. The SMILES string of the molecule is CC(=O)OC[CH]S(C)(=O)=O. The Balaban J connectivity index is 3.49. The van der Waals surface area contributed by atoms with Crippen molar-refractivity contribution in [2.24, 2.45) is 0 Å². The van der Waals surface area contributed by atoms with E-state index in [0.717, 1.165) is 12.0 Å². The van der Waals surface area contributed by atoms with Crippen LogP contribution in [0, 0.1) is 5.75 Å². The van der Waals surface area contributed by atoms with Crippen molar-refractivity contribution in [3.63, 3.8) is 0 Å². The number of sulfone groups is 1. The molecular weight excluding hydrogens is 156 g/mol. The predicted molar refractivity (Wildman–Crippen MR) is 35.8 cm³/mol. The molecule has 0 aromatic rings. The van der Waals surface area contributed by atoms with Gasteiger partial charge in [-0.1, -0.05) is 0 Å². The van der Waals surface area contributed by atoms with Gasteiger partial charge < -0.3 is 4.74 Å². The van der Waals surface area contributed by atoms with Gasteiger partial charge in [0.2, 0.25) is 0 Å². The third-order valence-corrected chi connectivity index (χ3v) is 1.40. The Hall–Kier alpha value is -0.580. The minimum Gasteiger partial charge on any atom is -0.464 e. The molecule has 4 nitrogen and oxygen atoms in total. The number of hydrogen-bond acceptors (Lipinski definition) is 4. The average molecular weight is 165 g/mol. The Bertz CT molecular complexity index is 204. The molecule has 0 aliphatic heterocycles. The van der Waals surface area contributed by atoms with Gasteiger partial charge in [0.15, 0.2) is 9.84 Å². The van der Waals surface area contributed by atoms with Gasteiger partial charge in [-0.2, -0.15) is 0 Å². The topological polar surface area (TPSA) is 60.4 Å². The van der Waals surface area contributed by atoms with Gasteiger partial charge in [0.25, 0.3) is 0 Å². The number of carbonyl (C=O) groups is 1. The van der Waals surface area contributed by atoms with Crippen LogP contribution in [0.3, 0.4) is 0 Å². The van der Waals surface area contributed by atoms with Crippen LogP contribution in [0.25, 0.3) is 0 Å². The van der Waals surface area contributed by atoms with Crippen molar-refractivity contribution >= 4 is 15.8 Å². The van der Waals surface area contributed by atoms with E-state index in [1.165, 1.54) is 6.92 Å². The van der Waals surface area contributed by atoms with E-state index in [-0.39, 0.29) is 6.61 Å². The van der Waals surface area contributed by atoms with E-state index in [0.29, 0.717) is 0 Å². The first-order valence-electron chi connectivity index (χ1n) is 2.58. The van der Waals surface area contributed by atoms with Gasteiger partial charge >= 0.3 is 5.97 Å². The molecular formula is C5H9O4S. The highest BCUT2D eigenvalue weighted by Gasteiger charge is 2.02. The zero-order valence-corrected chi connectivity index (χ0v) is 6.64. The molecule has 10 heavy (non-hydrogen) atoms. The van der Waals surface area contributed by atoms with Crippen molar-refractivity contribution in [1.82, 2.24) is 0 Å². The van der Waals surface area contributed by atoms with E-state index in [1.54, 1.807) is 0 Å². The van der Waals surface area contributed by atoms with E-state index < -0.39 is 15.8 Å². The fourth-order valence-corrected chi connectivity index (χ4v) is 0.590. The Labute approximate surface area is 60.1 Å². The van der Waals surface area contributed by atoms with E-state index in [9.17, 15) is 13.2 Å². The summed E-state index contributed by atoms with van der Waals surface area (Å²) in [5.41, 5.74) is 0. The van der Waals surface area contributed by atoms with Crippen molar-refractivity contribution in [3.05, 3.63) is 5.75 Å². The predicted octanol–water partition coefficient (Wildman–Crippen LogP) is -0.244. The standard InChI is InChI=1S/C5H9O4S/c1-5(6)9-3-4-10(2,7)8/h4H,3H2,1-2H3. The minimum absolute atomic E-state index is 0.172. The summed E-state index contributed by atoms with van der Waals surface area (Å²) in [5.74, 6) is 0.453. The molecule has 0 aliphatic rings. The monoisotopic (exact) mass is 165 g/mol. The van der Waals surface area contributed by atoms with Gasteiger partial charge in [-0.25, -0.2) is 8.42 Å². The van der Waals surface area contributed by atoms with Gasteiger partial charge in [0, 0.05) is 13.2 Å². The summed E-state index contributed by atoms with van der Waals surface area (Å²) in [6, 6.07) is 0. The molecule has 0 unspecified atom stereocenters. The van der Waals surface area contributed by atoms with Crippen LogP contribution in [0.5, 0.6) is 0 Å². The number of hydrogen-bond donors (Lipinski definition) is 0. The van der Waals surface area contributed by atoms with Crippen LogP contribution in [-0.4, -0.2) is 27.2 Å². The third-order valence-electron chi connectivity index (χ3n) is 0.657. The fourth-order valence-electron chi connectivity index (χ4n) is 0.275. The van der Waals surface area contributed by atoms with Crippen LogP contribution in [0.15, 0.2) is 0 Å². The maximum Gasteiger partial charge on any atom is 0.302 e. The summed E-state index contributed by atoms with van der Waals surface area (Å²) in [7, 11) is -3.12. The quantitative estimate of drug-likeness (QED) is 0.541.